The molecule has 0 saturated carbocycles. The Hall–Kier alpha value is -1.89. The average Bonchev–Trinajstić information content (AvgIpc) is 2.69. The minimum atomic E-state index is 0.0749. The van der Waals surface area contributed by atoms with Crippen LogP contribution in [-0.4, -0.2) is 4.98 Å². The fourth-order valence-corrected chi connectivity index (χ4v) is 3.43. The highest BCUT2D eigenvalue weighted by atomic mass is 14.7. The van der Waals surface area contributed by atoms with Gasteiger partial charge in [0.2, 0.25) is 0 Å². The van der Waals surface area contributed by atoms with Crippen LogP contribution in [0.25, 0.3) is 16.8 Å². The van der Waals surface area contributed by atoms with Gasteiger partial charge in [0.15, 0.2) is 0 Å². The Bertz CT molecular complexity index is 720. The summed E-state index contributed by atoms with van der Waals surface area (Å²) in [5.41, 5.74) is 7.94. The van der Waals surface area contributed by atoms with Crippen LogP contribution in [0.3, 0.4) is 0 Å². The molecule has 1 nitrogen and oxygen atoms in total. The van der Waals surface area contributed by atoms with Crippen LogP contribution in [0.5, 0.6) is 0 Å². The molecule has 108 valence electrons. The third kappa shape index (κ3) is 2.31. The summed E-state index contributed by atoms with van der Waals surface area (Å²) in [5, 5.41) is 0. The first kappa shape index (κ1) is 14.1. The predicted molar refractivity (Wildman–Crippen MR) is 90.4 cm³/mol. The average molecular weight is 277 g/mol. The largest absolute Gasteiger partial charge is 0.256 e. The van der Waals surface area contributed by atoms with Crippen molar-refractivity contribution < 1.29 is 0 Å². The van der Waals surface area contributed by atoms with E-state index in [4.69, 9.17) is 0 Å². The van der Waals surface area contributed by atoms with Crippen molar-refractivity contribution in [1.29, 1.82) is 0 Å². The van der Waals surface area contributed by atoms with E-state index in [0.717, 1.165) is 5.69 Å². The van der Waals surface area contributed by atoms with Crippen LogP contribution in [-0.2, 0) is 5.41 Å². The van der Waals surface area contributed by atoms with Gasteiger partial charge >= 0.3 is 0 Å². The topological polar surface area (TPSA) is 12.9 Å². The number of hydrogen-bond acceptors (Lipinski definition) is 1. The fourth-order valence-electron chi connectivity index (χ4n) is 3.43. The monoisotopic (exact) mass is 277 g/mol. The lowest BCUT2D eigenvalue weighted by molar-refractivity contribution is 0.684. The third-order valence-corrected chi connectivity index (χ3v) is 4.44. The lowest BCUT2D eigenvalue weighted by atomic mass is 9.82. The first-order chi connectivity index (χ1) is 9.90. The maximum absolute atomic E-state index is 4.64. The van der Waals surface area contributed by atoms with Gasteiger partial charge < -0.3 is 0 Å². The van der Waals surface area contributed by atoms with E-state index in [1.54, 1.807) is 0 Å². The van der Waals surface area contributed by atoms with Crippen molar-refractivity contribution in [2.24, 2.45) is 0 Å². The normalized spacial score (nSPS) is 16.0. The van der Waals surface area contributed by atoms with Crippen LogP contribution in [0.4, 0.5) is 0 Å². The molecule has 1 aromatic carbocycles. The smallest absolute Gasteiger partial charge is 0.0708 e. The van der Waals surface area contributed by atoms with Crippen molar-refractivity contribution >= 4 is 5.57 Å². The molecule has 1 heterocycles. The lowest BCUT2D eigenvalue weighted by Gasteiger charge is -2.22. The summed E-state index contributed by atoms with van der Waals surface area (Å²) in [7, 11) is 0. The van der Waals surface area contributed by atoms with E-state index >= 15 is 0 Å². The van der Waals surface area contributed by atoms with E-state index in [0.29, 0.717) is 5.92 Å². The van der Waals surface area contributed by atoms with E-state index in [2.05, 4.69) is 76.0 Å². The van der Waals surface area contributed by atoms with E-state index < -0.39 is 0 Å². The minimum Gasteiger partial charge on any atom is -0.256 e. The van der Waals surface area contributed by atoms with Crippen molar-refractivity contribution in [3.63, 3.8) is 0 Å². The fraction of sp³-hybridized carbons (Fsp3) is 0.350. The molecule has 1 aliphatic rings. The molecule has 0 bridgehead atoms. The van der Waals surface area contributed by atoms with Crippen LogP contribution in [0.1, 0.15) is 57.2 Å². The molecule has 0 N–H and O–H groups in total. The lowest BCUT2D eigenvalue weighted by Crippen LogP contribution is -2.12. The Labute approximate surface area is 127 Å². The number of hydrogen-bond donors (Lipinski definition) is 0. The summed E-state index contributed by atoms with van der Waals surface area (Å²) < 4.78 is 0. The molecule has 0 aliphatic heterocycles. The molecule has 2 aromatic rings. The second-order valence-corrected chi connectivity index (χ2v) is 6.91. The van der Waals surface area contributed by atoms with Crippen LogP contribution < -0.4 is 0 Å². The van der Waals surface area contributed by atoms with Gasteiger partial charge in [0.05, 0.1) is 5.69 Å². The van der Waals surface area contributed by atoms with Gasteiger partial charge in [0.1, 0.15) is 0 Å². The van der Waals surface area contributed by atoms with Crippen LogP contribution >= 0.6 is 0 Å². The van der Waals surface area contributed by atoms with Gasteiger partial charge in [0, 0.05) is 17.2 Å². The maximum atomic E-state index is 4.64. The van der Waals surface area contributed by atoms with E-state index in [1.165, 1.54) is 27.8 Å². The molecule has 0 atom stereocenters. The van der Waals surface area contributed by atoms with Crippen LogP contribution in [0.2, 0.25) is 0 Å². The number of pyridine rings is 1. The zero-order valence-electron chi connectivity index (χ0n) is 13.6. The van der Waals surface area contributed by atoms with Gasteiger partial charge in [-0.25, -0.2) is 0 Å². The van der Waals surface area contributed by atoms with Crippen molar-refractivity contribution in [3.8, 4) is 11.3 Å². The quantitative estimate of drug-likeness (QED) is 0.699. The first-order valence-corrected chi connectivity index (χ1v) is 7.70. The van der Waals surface area contributed by atoms with Gasteiger partial charge in [-0.15, -0.1) is 0 Å². The molecule has 0 spiro atoms. The summed E-state index contributed by atoms with van der Waals surface area (Å²) in [6.07, 6.45) is 4.31. The highest BCUT2D eigenvalue weighted by Gasteiger charge is 2.31. The van der Waals surface area contributed by atoms with Gasteiger partial charge in [-0.3, -0.25) is 4.98 Å². The van der Waals surface area contributed by atoms with Crippen LogP contribution in [0.15, 0.2) is 42.6 Å². The van der Waals surface area contributed by atoms with Gasteiger partial charge in [-0.05, 0) is 47.2 Å². The van der Waals surface area contributed by atoms with E-state index in [-0.39, 0.29) is 5.41 Å². The Balaban J connectivity index is 2.21. The second kappa shape index (κ2) is 4.84. The molecular weight excluding hydrogens is 254 g/mol. The molecule has 1 aromatic heterocycles. The Morgan fingerprint density at radius 2 is 1.76 bits per heavy atom. The number of allylic oxidation sites excluding steroid dienone is 2. The molecule has 0 saturated heterocycles. The summed E-state index contributed by atoms with van der Waals surface area (Å²) in [5.74, 6) is 0.524. The SMILES string of the molecule is CC1=CC(C)(C)c2c1cccc2-c1cc(C(C)C)ccn1. The number of aromatic nitrogens is 1. The van der Waals surface area contributed by atoms with E-state index in [1.807, 2.05) is 6.20 Å². The molecule has 0 fully saturated rings. The molecule has 1 heteroatoms. The standard InChI is InChI=1S/C20H23N/c1-13(2)15-9-10-21-18(11-15)17-8-6-7-16-14(3)12-20(4,5)19(16)17/h6-13H,1-5H3. The molecule has 1 aliphatic carbocycles. The first-order valence-electron chi connectivity index (χ1n) is 7.70. The molecule has 0 unspecified atom stereocenters. The maximum Gasteiger partial charge on any atom is 0.0708 e. The van der Waals surface area contributed by atoms with Crippen molar-refractivity contribution in [3.05, 3.63) is 59.3 Å². The highest BCUT2D eigenvalue weighted by molar-refractivity contribution is 5.82. The highest BCUT2D eigenvalue weighted by Crippen LogP contribution is 2.44. The Morgan fingerprint density at radius 1 is 1.05 bits per heavy atom. The molecular formula is C20H23N. The summed E-state index contributed by atoms with van der Waals surface area (Å²) in [6.45, 7) is 11.2. The Kier molecular flexibility index (Phi) is 3.24. The number of nitrogens with zero attached hydrogens (tertiary/aromatic N) is 1. The third-order valence-electron chi connectivity index (χ3n) is 4.44. The minimum absolute atomic E-state index is 0.0749. The zero-order chi connectivity index (χ0) is 15.2. The van der Waals surface area contributed by atoms with Crippen molar-refractivity contribution in [2.75, 3.05) is 0 Å². The molecule has 21 heavy (non-hydrogen) atoms. The van der Waals surface area contributed by atoms with Crippen LogP contribution in [0, 0.1) is 0 Å². The molecule has 0 radical (unpaired) electrons. The zero-order valence-corrected chi connectivity index (χ0v) is 13.6. The van der Waals surface area contributed by atoms with E-state index in [9.17, 15) is 0 Å². The van der Waals surface area contributed by atoms with Crippen molar-refractivity contribution in [1.82, 2.24) is 4.98 Å². The number of benzene rings is 1. The Morgan fingerprint density at radius 3 is 2.48 bits per heavy atom. The second-order valence-electron chi connectivity index (χ2n) is 6.91. The summed E-state index contributed by atoms with van der Waals surface area (Å²) in [6, 6.07) is 10.9. The number of rotatable bonds is 2. The molecule has 3 rings (SSSR count). The van der Waals surface area contributed by atoms with Gasteiger partial charge in [-0.1, -0.05) is 52.0 Å². The van der Waals surface area contributed by atoms with Gasteiger partial charge in [-0.2, -0.15) is 0 Å². The summed E-state index contributed by atoms with van der Waals surface area (Å²) in [4.78, 5) is 4.64. The summed E-state index contributed by atoms with van der Waals surface area (Å²) >= 11 is 0. The number of fused-ring (bicyclic) bond motifs is 1. The van der Waals surface area contributed by atoms with Gasteiger partial charge in [0.25, 0.3) is 0 Å². The van der Waals surface area contributed by atoms with Crippen molar-refractivity contribution in [2.45, 2.75) is 46.0 Å². The predicted octanol–water partition coefficient (Wildman–Crippen LogP) is 5.57. The molecule has 0 amide bonds.